The molecule has 0 bridgehead atoms. The molecule has 110 valence electrons. The van der Waals surface area contributed by atoms with Gasteiger partial charge in [0.25, 0.3) is 0 Å². The summed E-state index contributed by atoms with van der Waals surface area (Å²) >= 11 is 0. The number of nitrogens with zero attached hydrogens (tertiary/aromatic N) is 2. The highest BCUT2D eigenvalue weighted by Gasteiger charge is 2.15. The van der Waals surface area contributed by atoms with Gasteiger partial charge in [-0.2, -0.15) is 5.10 Å². The molecule has 2 aromatic rings. The van der Waals surface area contributed by atoms with Crippen LogP contribution in [0.15, 0.2) is 30.5 Å². The van der Waals surface area contributed by atoms with Crippen LogP contribution in [0.5, 0.6) is 0 Å². The van der Waals surface area contributed by atoms with Gasteiger partial charge in [-0.1, -0.05) is 19.1 Å². The third-order valence-corrected chi connectivity index (χ3v) is 4.19. The van der Waals surface area contributed by atoms with Crippen molar-refractivity contribution >= 4 is 11.5 Å². The second-order valence-electron chi connectivity index (χ2n) is 5.69. The Morgan fingerprint density at radius 1 is 1.43 bits per heavy atom. The monoisotopic (exact) mass is 283 g/mol. The molecule has 1 atom stereocenters. The maximum Gasteiger partial charge on any atom is 0.168 e. The van der Waals surface area contributed by atoms with Crippen LogP contribution < -0.4 is 5.32 Å². The third-order valence-electron chi connectivity index (χ3n) is 4.19. The molecular formula is C17H21N3O. The van der Waals surface area contributed by atoms with Gasteiger partial charge in [0.1, 0.15) is 0 Å². The third kappa shape index (κ3) is 2.84. The Bertz CT molecular complexity index is 660. The van der Waals surface area contributed by atoms with Gasteiger partial charge in [0, 0.05) is 30.0 Å². The lowest BCUT2D eigenvalue weighted by molar-refractivity contribution is 0.0991. The lowest BCUT2D eigenvalue weighted by atomic mass is 10.0. The zero-order chi connectivity index (χ0) is 14.8. The Balaban J connectivity index is 1.73. The largest absolute Gasteiger partial charge is 0.384 e. The van der Waals surface area contributed by atoms with E-state index in [0.29, 0.717) is 12.5 Å². The predicted octanol–water partition coefficient (Wildman–Crippen LogP) is 3.25. The first-order chi connectivity index (χ1) is 10.2. The number of fused-ring (bicyclic) bond motifs is 1. The van der Waals surface area contributed by atoms with Crippen molar-refractivity contribution in [2.75, 3.05) is 11.9 Å². The molecule has 1 unspecified atom stereocenters. The molecular weight excluding hydrogens is 262 g/mol. The molecule has 1 aromatic heterocycles. The average molecular weight is 283 g/mol. The van der Waals surface area contributed by atoms with E-state index in [1.165, 1.54) is 5.56 Å². The van der Waals surface area contributed by atoms with Crippen LogP contribution in [0.3, 0.4) is 0 Å². The Morgan fingerprint density at radius 3 is 3.10 bits per heavy atom. The molecule has 0 aliphatic carbocycles. The average Bonchev–Trinajstić information content (AvgIpc) is 3.14. The normalized spacial score (nSPS) is 14.6. The van der Waals surface area contributed by atoms with E-state index in [-0.39, 0.29) is 5.78 Å². The fourth-order valence-corrected chi connectivity index (χ4v) is 2.64. The summed E-state index contributed by atoms with van der Waals surface area (Å²) in [7, 11) is 0. The highest BCUT2D eigenvalue weighted by molar-refractivity contribution is 5.98. The van der Waals surface area contributed by atoms with Crippen LogP contribution in [0.1, 0.15) is 47.9 Å². The maximum absolute atomic E-state index is 12.4. The Morgan fingerprint density at radius 2 is 2.29 bits per heavy atom. The molecule has 1 N–H and O–H groups in total. The molecule has 1 aliphatic heterocycles. The van der Waals surface area contributed by atoms with Gasteiger partial charge in [0.15, 0.2) is 5.78 Å². The molecule has 1 aromatic carbocycles. The van der Waals surface area contributed by atoms with E-state index in [4.69, 9.17) is 0 Å². The summed E-state index contributed by atoms with van der Waals surface area (Å²) in [5.41, 5.74) is 4.01. The first-order valence-corrected chi connectivity index (χ1v) is 7.61. The molecule has 0 saturated heterocycles. The lowest BCUT2D eigenvalue weighted by Gasteiger charge is -2.08. The summed E-state index contributed by atoms with van der Waals surface area (Å²) in [5, 5.41) is 7.81. The summed E-state index contributed by atoms with van der Waals surface area (Å²) in [6.07, 6.45) is 4.40. The number of rotatable bonds is 5. The Hall–Kier alpha value is -2.10. The molecule has 2 heterocycles. The van der Waals surface area contributed by atoms with Crippen molar-refractivity contribution in [3.05, 3.63) is 47.3 Å². The summed E-state index contributed by atoms with van der Waals surface area (Å²) in [5.74, 6) is 0.126. The minimum atomic E-state index is 0.126. The fraction of sp³-hybridized carbons (Fsp3) is 0.412. The SMILES string of the molecule is CCC(C)n1ccc(CC(=O)c2ccc3c(c2)NCC3)n1. The van der Waals surface area contributed by atoms with Crippen molar-refractivity contribution in [3.8, 4) is 0 Å². The Labute approximate surface area is 125 Å². The van der Waals surface area contributed by atoms with Crippen molar-refractivity contribution in [1.29, 1.82) is 0 Å². The number of benzene rings is 1. The van der Waals surface area contributed by atoms with Crippen molar-refractivity contribution in [1.82, 2.24) is 9.78 Å². The molecule has 0 amide bonds. The Kier molecular flexibility index (Phi) is 3.78. The number of hydrogen-bond acceptors (Lipinski definition) is 3. The number of ketones is 1. The minimum Gasteiger partial charge on any atom is -0.384 e. The van der Waals surface area contributed by atoms with Gasteiger partial charge >= 0.3 is 0 Å². The van der Waals surface area contributed by atoms with Gasteiger partial charge in [0.2, 0.25) is 0 Å². The molecule has 0 saturated carbocycles. The number of aromatic nitrogens is 2. The van der Waals surface area contributed by atoms with Crippen molar-refractivity contribution < 1.29 is 4.79 Å². The second-order valence-corrected chi connectivity index (χ2v) is 5.69. The summed E-state index contributed by atoms with van der Waals surface area (Å²) in [6, 6.07) is 8.27. The molecule has 0 radical (unpaired) electrons. The van der Waals surface area contributed by atoms with Gasteiger partial charge < -0.3 is 5.32 Å². The molecule has 3 rings (SSSR count). The highest BCUT2D eigenvalue weighted by atomic mass is 16.1. The van der Waals surface area contributed by atoms with E-state index in [0.717, 1.165) is 36.3 Å². The van der Waals surface area contributed by atoms with Gasteiger partial charge in [-0.25, -0.2) is 0 Å². The van der Waals surface area contributed by atoms with E-state index in [9.17, 15) is 4.79 Å². The lowest BCUT2D eigenvalue weighted by Crippen LogP contribution is -2.08. The molecule has 21 heavy (non-hydrogen) atoms. The fourth-order valence-electron chi connectivity index (χ4n) is 2.64. The second kappa shape index (κ2) is 5.72. The standard InChI is InChI=1S/C17H21N3O/c1-3-12(2)20-9-7-15(19-20)11-17(21)14-5-4-13-6-8-18-16(13)10-14/h4-5,7,9-10,12,18H,3,6,8,11H2,1-2H3. The number of nitrogens with one attached hydrogen (secondary N) is 1. The van der Waals surface area contributed by atoms with Crippen LogP contribution in [0.4, 0.5) is 5.69 Å². The van der Waals surface area contributed by atoms with Gasteiger partial charge in [-0.05, 0) is 37.5 Å². The molecule has 4 heteroatoms. The van der Waals surface area contributed by atoms with Gasteiger partial charge in [-0.3, -0.25) is 9.48 Å². The van der Waals surface area contributed by atoms with E-state index < -0.39 is 0 Å². The highest BCUT2D eigenvalue weighted by Crippen LogP contribution is 2.23. The van der Waals surface area contributed by atoms with Crippen molar-refractivity contribution in [2.45, 2.75) is 39.2 Å². The van der Waals surface area contributed by atoms with Crippen LogP contribution in [0.25, 0.3) is 0 Å². The van der Waals surface area contributed by atoms with Crippen LogP contribution in [0, 0.1) is 0 Å². The van der Waals surface area contributed by atoms with Crippen LogP contribution in [-0.4, -0.2) is 22.1 Å². The number of carbonyl (C=O) groups is 1. The zero-order valence-electron chi connectivity index (χ0n) is 12.6. The van der Waals surface area contributed by atoms with E-state index >= 15 is 0 Å². The van der Waals surface area contributed by atoms with Crippen molar-refractivity contribution in [2.24, 2.45) is 0 Å². The first kappa shape index (κ1) is 13.9. The molecule has 4 nitrogen and oxygen atoms in total. The van der Waals surface area contributed by atoms with Crippen LogP contribution in [0.2, 0.25) is 0 Å². The molecule has 0 fully saturated rings. The smallest absolute Gasteiger partial charge is 0.168 e. The first-order valence-electron chi connectivity index (χ1n) is 7.61. The number of Topliss-reactive ketones (excluding diaryl/α,β-unsaturated/α-hetero) is 1. The number of carbonyl (C=O) groups excluding carboxylic acids is 1. The van der Waals surface area contributed by atoms with E-state index in [1.807, 2.05) is 29.1 Å². The number of hydrogen-bond donors (Lipinski definition) is 1. The van der Waals surface area contributed by atoms with Crippen molar-refractivity contribution in [3.63, 3.8) is 0 Å². The number of anilines is 1. The molecule has 0 spiro atoms. The quantitative estimate of drug-likeness (QED) is 0.857. The van der Waals surface area contributed by atoms with Gasteiger partial charge in [0.05, 0.1) is 12.1 Å². The van der Waals surface area contributed by atoms with Crippen LogP contribution >= 0.6 is 0 Å². The summed E-state index contributed by atoms with van der Waals surface area (Å²) < 4.78 is 1.94. The molecule has 1 aliphatic rings. The summed E-state index contributed by atoms with van der Waals surface area (Å²) in [6.45, 7) is 5.23. The predicted molar refractivity (Wildman–Crippen MR) is 83.9 cm³/mol. The topological polar surface area (TPSA) is 46.9 Å². The van der Waals surface area contributed by atoms with Crippen LogP contribution in [-0.2, 0) is 12.8 Å². The van der Waals surface area contributed by atoms with E-state index in [2.05, 4.69) is 30.3 Å². The minimum absolute atomic E-state index is 0.126. The summed E-state index contributed by atoms with van der Waals surface area (Å²) in [4.78, 5) is 12.4. The zero-order valence-corrected chi connectivity index (χ0v) is 12.6. The maximum atomic E-state index is 12.4. The van der Waals surface area contributed by atoms with Gasteiger partial charge in [-0.15, -0.1) is 0 Å². The van der Waals surface area contributed by atoms with E-state index in [1.54, 1.807) is 0 Å².